The third-order valence-corrected chi connectivity index (χ3v) is 3.85. The highest BCUT2D eigenvalue weighted by Gasteiger charge is 2.16. The van der Waals surface area contributed by atoms with E-state index in [1.807, 2.05) is 0 Å². The Bertz CT molecular complexity index is 398. The van der Waals surface area contributed by atoms with Crippen molar-refractivity contribution in [1.82, 2.24) is 4.31 Å². The first-order valence-corrected chi connectivity index (χ1v) is 5.80. The van der Waals surface area contributed by atoms with Crippen LogP contribution in [0.25, 0.3) is 0 Å². The van der Waals surface area contributed by atoms with Crippen molar-refractivity contribution >= 4 is 28.5 Å². The maximum absolute atomic E-state index is 11.6. The van der Waals surface area contributed by atoms with E-state index in [1.165, 1.54) is 30.5 Å². The summed E-state index contributed by atoms with van der Waals surface area (Å²) in [5.41, 5.74) is 0.756. The lowest BCUT2D eigenvalue weighted by Gasteiger charge is -2.11. The van der Waals surface area contributed by atoms with E-state index >= 15 is 0 Å². The molecule has 0 aliphatic carbocycles. The molecule has 0 unspecified atom stereocenters. The summed E-state index contributed by atoms with van der Waals surface area (Å²) in [6.45, 7) is 0. The molecule has 0 fully saturated rings. The van der Waals surface area contributed by atoms with Gasteiger partial charge in [0.05, 0.1) is 4.90 Å². The highest BCUT2D eigenvalue weighted by Crippen LogP contribution is 2.16. The van der Waals surface area contributed by atoms with E-state index in [1.54, 1.807) is 12.1 Å². The summed E-state index contributed by atoms with van der Waals surface area (Å²) in [6.07, 6.45) is 0. The van der Waals surface area contributed by atoms with E-state index in [-0.39, 0.29) is 4.90 Å². The third kappa shape index (κ3) is 2.20. The van der Waals surface area contributed by atoms with E-state index in [2.05, 4.69) is 17.5 Å². The van der Waals surface area contributed by atoms with Crippen LogP contribution >= 0.6 is 12.8 Å². The molecule has 4 nitrogen and oxygen atoms in total. The first-order valence-electron chi connectivity index (χ1n) is 3.91. The highest BCUT2D eigenvalue weighted by atomic mass is 32.2. The van der Waals surface area contributed by atoms with Crippen LogP contribution in [-0.2, 0) is 10.0 Å². The van der Waals surface area contributed by atoms with Crippen molar-refractivity contribution < 1.29 is 8.42 Å². The normalized spacial score (nSPS) is 11.7. The molecular formula is C8H12N2O2S2. The zero-order valence-corrected chi connectivity index (χ0v) is 9.64. The third-order valence-electron chi connectivity index (χ3n) is 1.76. The SMILES string of the molecule is CN(C)S(=O)(=O)c1ccc(NS)cc1. The first kappa shape index (κ1) is 11.4. The Morgan fingerprint density at radius 1 is 1.21 bits per heavy atom. The van der Waals surface area contributed by atoms with Gasteiger partial charge in [-0.15, -0.1) is 0 Å². The van der Waals surface area contributed by atoms with Crippen molar-refractivity contribution in [3.63, 3.8) is 0 Å². The molecule has 1 N–H and O–H groups in total. The zero-order valence-electron chi connectivity index (χ0n) is 7.93. The number of nitrogens with one attached hydrogen (secondary N) is 1. The smallest absolute Gasteiger partial charge is 0.242 e. The molecule has 0 bridgehead atoms. The van der Waals surface area contributed by atoms with Crippen molar-refractivity contribution in [2.45, 2.75) is 4.90 Å². The molecule has 0 atom stereocenters. The molecule has 1 rings (SSSR count). The van der Waals surface area contributed by atoms with Gasteiger partial charge in [-0.25, -0.2) is 12.7 Å². The van der Waals surface area contributed by atoms with Gasteiger partial charge in [0.1, 0.15) is 0 Å². The summed E-state index contributed by atoms with van der Waals surface area (Å²) in [5.74, 6) is 0. The standard InChI is InChI=1S/C8H12N2O2S2/c1-10(2)14(11,12)8-5-3-7(9-13)4-6-8/h3-6,9,13H,1-2H3. The molecule has 0 saturated carbocycles. The predicted octanol–water partition coefficient (Wildman–Crippen LogP) is 1.19. The Kier molecular flexibility index (Phi) is 3.41. The molecule has 0 saturated heterocycles. The number of hydrogen-bond acceptors (Lipinski definition) is 4. The van der Waals surface area contributed by atoms with Crippen LogP contribution in [0.4, 0.5) is 5.69 Å². The molecule has 0 spiro atoms. The van der Waals surface area contributed by atoms with Gasteiger partial charge in [-0.3, -0.25) is 0 Å². The number of sulfonamides is 1. The molecule has 0 aliphatic heterocycles. The molecular weight excluding hydrogens is 220 g/mol. The van der Waals surface area contributed by atoms with Gasteiger partial charge >= 0.3 is 0 Å². The van der Waals surface area contributed by atoms with Gasteiger partial charge in [0.15, 0.2) is 0 Å². The average molecular weight is 232 g/mol. The molecule has 14 heavy (non-hydrogen) atoms. The molecule has 1 aromatic rings. The quantitative estimate of drug-likeness (QED) is 0.770. The van der Waals surface area contributed by atoms with Gasteiger partial charge < -0.3 is 4.72 Å². The minimum absolute atomic E-state index is 0.273. The summed E-state index contributed by atoms with van der Waals surface area (Å²) in [6, 6.07) is 6.38. The summed E-state index contributed by atoms with van der Waals surface area (Å²) >= 11 is 3.85. The Labute approximate surface area is 89.5 Å². The Balaban J connectivity index is 3.10. The average Bonchev–Trinajstić information content (AvgIpc) is 2.17. The maximum atomic E-state index is 11.6. The number of thiol groups is 1. The lowest BCUT2D eigenvalue weighted by molar-refractivity contribution is 0.521. The summed E-state index contributed by atoms with van der Waals surface area (Å²) in [4.78, 5) is 0.273. The van der Waals surface area contributed by atoms with Crippen LogP contribution in [0.15, 0.2) is 29.2 Å². The fraction of sp³-hybridized carbons (Fsp3) is 0.250. The first-order chi connectivity index (χ1) is 6.48. The molecule has 6 heteroatoms. The van der Waals surface area contributed by atoms with Crippen molar-refractivity contribution in [2.24, 2.45) is 0 Å². The number of rotatable bonds is 3. The molecule has 0 amide bonds. The van der Waals surface area contributed by atoms with Gasteiger partial charge in [0.25, 0.3) is 0 Å². The van der Waals surface area contributed by atoms with Gasteiger partial charge in [0.2, 0.25) is 10.0 Å². The number of hydrogen-bond donors (Lipinski definition) is 2. The Hall–Kier alpha value is -0.720. The van der Waals surface area contributed by atoms with Crippen molar-refractivity contribution in [3.8, 4) is 0 Å². The van der Waals surface area contributed by atoms with Crippen LogP contribution in [0.3, 0.4) is 0 Å². The highest BCUT2D eigenvalue weighted by molar-refractivity contribution is 7.89. The van der Waals surface area contributed by atoms with E-state index < -0.39 is 10.0 Å². The van der Waals surface area contributed by atoms with Gasteiger partial charge in [-0.05, 0) is 24.3 Å². The second-order valence-corrected chi connectivity index (χ2v) is 5.30. The van der Waals surface area contributed by atoms with Crippen LogP contribution in [0.1, 0.15) is 0 Å². The van der Waals surface area contributed by atoms with E-state index in [0.717, 1.165) is 5.69 Å². The number of nitrogens with zero attached hydrogens (tertiary/aromatic N) is 1. The van der Waals surface area contributed by atoms with Crippen LogP contribution in [-0.4, -0.2) is 26.8 Å². The van der Waals surface area contributed by atoms with Gasteiger partial charge in [0, 0.05) is 19.8 Å². The minimum Gasteiger partial charge on any atom is -0.332 e. The summed E-state index contributed by atoms with van der Waals surface area (Å²) in [5, 5.41) is 0. The molecule has 78 valence electrons. The van der Waals surface area contributed by atoms with Crippen molar-refractivity contribution in [3.05, 3.63) is 24.3 Å². The van der Waals surface area contributed by atoms with Crippen molar-refractivity contribution in [2.75, 3.05) is 18.8 Å². The zero-order chi connectivity index (χ0) is 10.8. The summed E-state index contributed by atoms with van der Waals surface area (Å²) < 4.78 is 27.0. The molecule has 0 aliphatic rings. The van der Waals surface area contributed by atoms with Crippen LogP contribution in [0.5, 0.6) is 0 Å². The van der Waals surface area contributed by atoms with Gasteiger partial charge in [-0.1, -0.05) is 12.8 Å². The largest absolute Gasteiger partial charge is 0.332 e. The number of benzene rings is 1. The fourth-order valence-electron chi connectivity index (χ4n) is 0.912. The van der Waals surface area contributed by atoms with E-state index in [0.29, 0.717) is 0 Å². The second-order valence-electron chi connectivity index (χ2n) is 2.92. The topological polar surface area (TPSA) is 49.4 Å². The predicted molar refractivity (Wildman–Crippen MR) is 59.9 cm³/mol. The molecule has 0 heterocycles. The fourth-order valence-corrected chi connectivity index (χ4v) is 1.96. The lowest BCUT2D eigenvalue weighted by atomic mass is 10.3. The molecule has 0 radical (unpaired) electrons. The maximum Gasteiger partial charge on any atom is 0.242 e. The number of anilines is 1. The summed E-state index contributed by atoms with van der Waals surface area (Å²) in [7, 11) is -0.321. The minimum atomic E-state index is -3.32. The lowest BCUT2D eigenvalue weighted by Crippen LogP contribution is -2.22. The Morgan fingerprint density at radius 2 is 1.71 bits per heavy atom. The van der Waals surface area contributed by atoms with E-state index in [4.69, 9.17) is 0 Å². The molecule has 1 aromatic carbocycles. The second kappa shape index (κ2) is 4.20. The van der Waals surface area contributed by atoms with Gasteiger partial charge in [-0.2, -0.15) is 0 Å². The van der Waals surface area contributed by atoms with Crippen LogP contribution in [0.2, 0.25) is 0 Å². The Morgan fingerprint density at radius 3 is 2.07 bits per heavy atom. The van der Waals surface area contributed by atoms with E-state index in [9.17, 15) is 8.42 Å². The van der Waals surface area contributed by atoms with Crippen LogP contribution in [0, 0.1) is 0 Å². The monoisotopic (exact) mass is 232 g/mol. The molecule has 0 aromatic heterocycles. The van der Waals surface area contributed by atoms with Crippen molar-refractivity contribution in [1.29, 1.82) is 0 Å². The van der Waals surface area contributed by atoms with Crippen LogP contribution < -0.4 is 4.72 Å².